The van der Waals surface area contributed by atoms with Gasteiger partial charge in [-0.15, -0.1) is 0 Å². The summed E-state index contributed by atoms with van der Waals surface area (Å²) in [5, 5.41) is 8.55. The second kappa shape index (κ2) is 16.5. The third kappa shape index (κ3) is 17.5. The largest absolute Gasteiger partial charge is 0.481 e. The summed E-state index contributed by atoms with van der Waals surface area (Å²) in [7, 11) is 0. The highest BCUT2D eigenvalue weighted by Crippen LogP contribution is 2.13. The number of carboxylic acid groups (broad SMARTS) is 1. The van der Waals surface area contributed by atoms with Crippen LogP contribution in [0.25, 0.3) is 0 Å². The number of carboxylic acids is 1. The Morgan fingerprint density at radius 3 is 1.60 bits per heavy atom. The van der Waals surface area contributed by atoms with E-state index in [-0.39, 0.29) is 19.2 Å². The number of carbonyl (C=O) groups is 1. The molecule has 0 rings (SSSR count). The molecule has 0 spiro atoms. The molecule has 1 N–H and O–H groups in total. The second-order valence-corrected chi connectivity index (χ2v) is 5.73. The maximum atomic E-state index is 10.4. The number of hydrogen-bond donors (Lipinski definition) is 1. The molecule has 0 bridgehead atoms. The molecule has 0 aromatic heterocycles. The fraction of sp³-hybridized carbons (Fsp3) is 0.944. The lowest BCUT2D eigenvalue weighted by atomic mass is 10.0. The summed E-state index contributed by atoms with van der Waals surface area (Å²) in [6.45, 7) is 2.24. The van der Waals surface area contributed by atoms with Crippen molar-refractivity contribution < 1.29 is 12.6 Å². The van der Waals surface area contributed by atoms with Crippen LogP contribution in [0.4, 0.5) is 0 Å². The van der Waals surface area contributed by atoms with E-state index in [1.807, 2.05) is 0 Å². The molecule has 0 saturated carbocycles. The normalized spacial score (nSPS) is 15.4. The highest BCUT2D eigenvalue weighted by molar-refractivity contribution is 5.66. The molecule has 2 unspecified atom stereocenters. The average molecular weight is 286 g/mol. The summed E-state index contributed by atoms with van der Waals surface area (Å²) in [4.78, 5) is 10.4. The Labute approximate surface area is 129 Å². The summed E-state index contributed by atoms with van der Waals surface area (Å²) in [5.74, 6) is -0.765. The van der Waals surface area contributed by atoms with Crippen molar-refractivity contribution in [1.29, 1.82) is 0 Å². The summed E-state index contributed by atoms with van der Waals surface area (Å²) >= 11 is 0. The van der Waals surface area contributed by atoms with Gasteiger partial charge in [-0.25, -0.2) is 0 Å². The Balaban J connectivity index is 3.36. The van der Waals surface area contributed by atoms with Crippen LogP contribution in [0, 0.1) is 0 Å². The second-order valence-electron chi connectivity index (χ2n) is 5.73. The van der Waals surface area contributed by atoms with Gasteiger partial charge in [0, 0.05) is 9.16 Å². The van der Waals surface area contributed by atoms with Crippen LogP contribution in [-0.4, -0.2) is 11.1 Å². The van der Waals surface area contributed by atoms with Crippen LogP contribution in [-0.2, 0) is 4.79 Å². The van der Waals surface area contributed by atoms with Crippen molar-refractivity contribution in [3.05, 3.63) is 0 Å². The van der Waals surface area contributed by atoms with Gasteiger partial charge in [0.2, 0.25) is 0 Å². The van der Waals surface area contributed by atoms with Gasteiger partial charge in [0.05, 0.1) is 0 Å². The zero-order valence-electron chi connectivity index (χ0n) is 15.4. The van der Waals surface area contributed by atoms with Gasteiger partial charge >= 0.3 is 5.97 Å². The Morgan fingerprint density at radius 2 is 1.15 bits per heavy atom. The minimum Gasteiger partial charge on any atom is -0.481 e. The molecule has 0 aromatic rings. The van der Waals surface area contributed by atoms with Crippen molar-refractivity contribution in [3.8, 4) is 0 Å². The summed E-state index contributed by atoms with van der Waals surface area (Å²) < 4.78 is 15.9. The van der Waals surface area contributed by atoms with E-state index in [0.717, 1.165) is 19.3 Å². The molecule has 0 aliphatic rings. The van der Waals surface area contributed by atoms with Crippen molar-refractivity contribution in [2.75, 3.05) is 0 Å². The van der Waals surface area contributed by atoms with Crippen LogP contribution in [0.3, 0.4) is 0 Å². The molecule has 0 amide bonds. The molecule has 0 saturated heterocycles. The predicted molar refractivity (Wildman–Crippen MR) is 87.2 cm³/mol. The molecule has 2 atom stereocenters. The molecule has 20 heavy (non-hydrogen) atoms. The monoisotopic (exact) mass is 286 g/mol. The average Bonchev–Trinajstić information content (AvgIpc) is 2.49. The van der Waals surface area contributed by atoms with E-state index in [1.54, 1.807) is 0 Å². The van der Waals surface area contributed by atoms with Gasteiger partial charge in [-0.1, -0.05) is 96.8 Å². The van der Waals surface area contributed by atoms with Gasteiger partial charge in [0.25, 0.3) is 0 Å². The van der Waals surface area contributed by atoms with Crippen LogP contribution in [0.2, 0.25) is 0 Å². The molecule has 2 heteroatoms. The van der Waals surface area contributed by atoms with Crippen molar-refractivity contribution in [2.24, 2.45) is 0 Å². The first-order valence-electron chi connectivity index (χ1n) is 9.79. The van der Waals surface area contributed by atoms with Crippen LogP contribution >= 0.6 is 0 Å². The van der Waals surface area contributed by atoms with Gasteiger partial charge in [0.1, 0.15) is 0 Å². The number of unbranched alkanes of at least 4 members (excludes halogenated alkanes) is 9. The quantitative estimate of drug-likeness (QED) is 0.336. The predicted octanol–water partition coefficient (Wildman–Crippen LogP) is 6.33. The summed E-state index contributed by atoms with van der Waals surface area (Å²) in [6.07, 6.45) is 14.0. The van der Waals surface area contributed by atoms with Crippen LogP contribution in [0.1, 0.15) is 112 Å². The third-order valence-corrected chi connectivity index (χ3v) is 3.65. The lowest BCUT2D eigenvalue weighted by molar-refractivity contribution is -0.137. The molecule has 0 aromatic carbocycles. The van der Waals surface area contributed by atoms with E-state index >= 15 is 0 Å². The minimum absolute atomic E-state index is 0.188. The van der Waals surface area contributed by atoms with Gasteiger partial charge in [-0.2, -0.15) is 0 Å². The molecular weight excluding hydrogens is 248 g/mol. The van der Waals surface area contributed by atoms with Gasteiger partial charge < -0.3 is 5.11 Å². The van der Waals surface area contributed by atoms with E-state index < -0.39 is 5.97 Å². The molecule has 0 fully saturated rings. The standard InChI is InChI=1S/C18H36O2/c1-2-3-4-5-6-7-8-9-10-11-12-13-14-15-16-17-18(19)20/h2-17H2,1H3,(H,19,20)/i12D,13D. The molecule has 0 aliphatic carbocycles. The van der Waals surface area contributed by atoms with E-state index in [4.69, 9.17) is 7.85 Å². The van der Waals surface area contributed by atoms with Crippen molar-refractivity contribution in [1.82, 2.24) is 0 Å². The highest BCUT2D eigenvalue weighted by Gasteiger charge is 1.97. The Bertz CT molecular complexity index is 259. The lowest BCUT2D eigenvalue weighted by Gasteiger charge is -2.03. The fourth-order valence-electron chi connectivity index (χ4n) is 2.35. The Morgan fingerprint density at radius 1 is 0.750 bits per heavy atom. The fourth-order valence-corrected chi connectivity index (χ4v) is 2.35. The van der Waals surface area contributed by atoms with Crippen LogP contribution in [0.5, 0.6) is 0 Å². The van der Waals surface area contributed by atoms with E-state index in [2.05, 4.69) is 6.92 Å². The maximum Gasteiger partial charge on any atom is 0.303 e. The van der Waals surface area contributed by atoms with E-state index in [1.165, 1.54) is 51.4 Å². The molecular formula is C18H36O2. The van der Waals surface area contributed by atoms with Gasteiger partial charge in [-0.05, 0) is 6.42 Å². The summed E-state index contributed by atoms with van der Waals surface area (Å²) in [6, 6.07) is 0. The first-order valence-corrected chi connectivity index (χ1v) is 8.64. The molecule has 2 nitrogen and oxygen atoms in total. The molecule has 0 heterocycles. The zero-order valence-corrected chi connectivity index (χ0v) is 13.4. The van der Waals surface area contributed by atoms with E-state index in [0.29, 0.717) is 12.8 Å². The smallest absolute Gasteiger partial charge is 0.303 e. The van der Waals surface area contributed by atoms with Crippen LogP contribution in [0.15, 0.2) is 0 Å². The maximum absolute atomic E-state index is 10.4. The summed E-state index contributed by atoms with van der Waals surface area (Å²) in [5.41, 5.74) is 0. The SMILES string of the molecule is [2H]C(CCCCCCCCCCC)C([2H])CCCCC(=O)O. The number of hydrogen-bond acceptors (Lipinski definition) is 1. The number of rotatable bonds is 16. The highest BCUT2D eigenvalue weighted by atomic mass is 16.4. The zero-order chi connectivity index (χ0) is 16.6. The van der Waals surface area contributed by atoms with Gasteiger partial charge in [0.15, 0.2) is 0 Å². The number of aliphatic carboxylic acids is 1. The third-order valence-electron chi connectivity index (χ3n) is 3.65. The van der Waals surface area contributed by atoms with E-state index in [9.17, 15) is 4.79 Å². The van der Waals surface area contributed by atoms with Crippen molar-refractivity contribution >= 4 is 5.97 Å². The van der Waals surface area contributed by atoms with Gasteiger partial charge in [-0.3, -0.25) is 4.79 Å². The molecule has 0 radical (unpaired) electrons. The van der Waals surface area contributed by atoms with Crippen molar-refractivity contribution in [3.63, 3.8) is 0 Å². The molecule has 120 valence electrons. The van der Waals surface area contributed by atoms with Crippen LogP contribution < -0.4 is 0 Å². The Hall–Kier alpha value is -0.530. The first kappa shape index (κ1) is 15.9. The lowest BCUT2D eigenvalue weighted by Crippen LogP contribution is -1.93. The minimum atomic E-state index is -0.765. The topological polar surface area (TPSA) is 37.3 Å². The first-order chi connectivity index (χ1) is 10.6. The molecule has 0 aliphatic heterocycles. The Kier molecular flexibility index (Phi) is 13.1. The van der Waals surface area contributed by atoms with Crippen molar-refractivity contribution in [2.45, 2.75) is 110 Å².